The Labute approximate surface area is 164 Å². The van der Waals surface area contributed by atoms with E-state index in [1.807, 2.05) is 6.92 Å². The van der Waals surface area contributed by atoms with Crippen molar-refractivity contribution in [1.82, 2.24) is 15.1 Å². The standard InChI is InChI=1S/C23H35N3O/c1-16(2)15-26-20(6)22(19(5)25-26)11-12-23(27)24-13-7-8-21-10-9-17(3)14-18(21)4/h9-10,14,16H,7-8,11-13,15H2,1-6H3,(H,24,27). The second-order valence-electron chi connectivity index (χ2n) is 8.11. The minimum absolute atomic E-state index is 0.131. The highest BCUT2D eigenvalue weighted by Gasteiger charge is 2.13. The molecule has 1 heterocycles. The van der Waals surface area contributed by atoms with Crippen LogP contribution in [-0.2, 0) is 24.2 Å². The molecular weight excluding hydrogens is 334 g/mol. The van der Waals surface area contributed by atoms with Crippen LogP contribution in [0.3, 0.4) is 0 Å². The molecule has 148 valence electrons. The van der Waals surface area contributed by atoms with E-state index in [1.165, 1.54) is 27.9 Å². The maximum atomic E-state index is 12.2. The number of nitrogens with zero attached hydrogens (tertiary/aromatic N) is 2. The monoisotopic (exact) mass is 369 g/mol. The van der Waals surface area contributed by atoms with Gasteiger partial charge >= 0.3 is 0 Å². The third-order valence-corrected chi connectivity index (χ3v) is 5.11. The fourth-order valence-corrected chi connectivity index (χ4v) is 3.58. The molecule has 0 aliphatic carbocycles. The number of benzene rings is 1. The summed E-state index contributed by atoms with van der Waals surface area (Å²) in [7, 11) is 0. The molecule has 0 bridgehead atoms. The SMILES string of the molecule is Cc1ccc(CCCNC(=O)CCc2c(C)nn(CC(C)C)c2C)c(C)c1. The molecule has 27 heavy (non-hydrogen) atoms. The van der Waals surface area contributed by atoms with E-state index >= 15 is 0 Å². The van der Waals surface area contributed by atoms with Gasteiger partial charge in [-0.3, -0.25) is 9.48 Å². The third kappa shape index (κ3) is 6.23. The van der Waals surface area contributed by atoms with E-state index in [1.54, 1.807) is 0 Å². The fourth-order valence-electron chi connectivity index (χ4n) is 3.58. The quantitative estimate of drug-likeness (QED) is 0.664. The van der Waals surface area contributed by atoms with Crippen molar-refractivity contribution in [2.45, 2.75) is 73.8 Å². The lowest BCUT2D eigenvalue weighted by atomic mass is 10.0. The summed E-state index contributed by atoms with van der Waals surface area (Å²) < 4.78 is 2.08. The zero-order valence-electron chi connectivity index (χ0n) is 17.9. The number of carbonyl (C=O) groups excluding carboxylic acids is 1. The van der Waals surface area contributed by atoms with E-state index in [0.717, 1.165) is 38.0 Å². The van der Waals surface area contributed by atoms with Gasteiger partial charge in [0.1, 0.15) is 0 Å². The average molecular weight is 370 g/mol. The highest BCUT2D eigenvalue weighted by atomic mass is 16.1. The smallest absolute Gasteiger partial charge is 0.220 e. The molecule has 0 fully saturated rings. The van der Waals surface area contributed by atoms with Crippen molar-refractivity contribution >= 4 is 5.91 Å². The summed E-state index contributed by atoms with van der Waals surface area (Å²) in [5.74, 6) is 0.697. The Morgan fingerprint density at radius 2 is 1.89 bits per heavy atom. The highest BCUT2D eigenvalue weighted by Crippen LogP contribution is 2.16. The molecule has 1 amide bonds. The second-order valence-corrected chi connectivity index (χ2v) is 8.11. The molecule has 2 aromatic rings. The Bertz CT molecular complexity index is 774. The Morgan fingerprint density at radius 1 is 1.15 bits per heavy atom. The van der Waals surface area contributed by atoms with Crippen LogP contribution in [0.1, 0.15) is 60.3 Å². The number of amides is 1. The van der Waals surface area contributed by atoms with Gasteiger partial charge in [0.15, 0.2) is 0 Å². The van der Waals surface area contributed by atoms with Crippen LogP contribution in [0.4, 0.5) is 0 Å². The molecule has 2 rings (SSSR count). The molecule has 1 aromatic heterocycles. The Hall–Kier alpha value is -2.10. The van der Waals surface area contributed by atoms with Crippen LogP contribution in [-0.4, -0.2) is 22.2 Å². The molecule has 4 heteroatoms. The predicted octanol–water partition coefficient (Wildman–Crippen LogP) is 4.45. The number of nitrogens with one attached hydrogen (secondary N) is 1. The molecule has 0 unspecified atom stereocenters. The summed E-state index contributed by atoms with van der Waals surface area (Å²) in [4.78, 5) is 12.2. The first-order chi connectivity index (χ1) is 12.8. The van der Waals surface area contributed by atoms with Crippen molar-refractivity contribution in [1.29, 1.82) is 0 Å². The maximum Gasteiger partial charge on any atom is 0.220 e. The highest BCUT2D eigenvalue weighted by molar-refractivity contribution is 5.76. The lowest BCUT2D eigenvalue weighted by Crippen LogP contribution is -2.25. The number of hydrogen-bond acceptors (Lipinski definition) is 2. The summed E-state index contributed by atoms with van der Waals surface area (Å²) in [6.45, 7) is 14.5. The summed E-state index contributed by atoms with van der Waals surface area (Å²) >= 11 is 0. The van der Waals surface area contributed by atoms with Crippen LogP contribution in [0.15, 0.2) is 18.2 Å². The van der Waals surface area contributed by atoms with E-state index in [2.05, 4.69) is 67.9 Å². The summed E-state index contributed by atoms with van der Waals surface area (Å²) in [5, 5.41) is 7.70. The largest absolute Gasteiger partial charge is 0.356 e. The third-order valence-electron chi connectivity index (χ3n) is 5.11. The zero-order chi connectivity index (χ0) is 20.0. The lowest BCUT2D eigenvalue weighted by molar-refractivity contribution is -0.121. The van der Waals surface area contributed by atoms with Crippen LogP contribution >= 0.6 is 0 Å². The molecule has 0 radical (unpaired) electrons. The van der Waals surface area contributed by atoms with Gasteiger partial charge in [-0.2, -0.15) is 5.10 Å². The Kier molecular flexibility index (Phi) is 7.64. The molecule has 0 saturated carbocycles. The van der Waals surface area contributed by atoms with Gasteiger partial charge in [0.2, 0.25) is 5.91 Å². The van der Waals surface area contributed by atoms with E-state index in [-0.39, 0.29) is 5.91 Å². The maximum absolute atomic E-state index is 12.2. The van der Waals surface area contributed by atoms with Gasteiger partial charge in [0, 0.05) is 25.2 Å². The molecule has 1 N–H and O–H groups in total. The molecule has 0 saturated heterocycles. The molecule has 0 aliphatic rings. The minimum atomic E-state index is 0.131. The Balaban J connectivity index is 1.76. The number of aromatic nitrogens is 2. The van der Waals surface area contributed by atoms with Gasteiger partial charge in [-0.05, 0) is 69.6 Å². The molecular formula is C23H35N3O. The summed E-state index contributed by atoms with van der Waals surface area (Å²) in [6, 6.07) is 6.58. The van der Waals surface area contributed by atoms with Crippen LogP contribution in [0, 0.1) is 33.6 Å². The fraction of sp³-hybridized carbons (Fsp3) is 0.565. The molecule has 4 nitrogen and oxygen atoms in total. The first-order valence-electron chi connectivity index (χ1n) is 10.1. The van der Waals surface area contributed by atoms with E-state index in [9.17, 15) is 4.79 Å². The van der Waals surface area contributed by atoms with E-state index in [0.29, 0.717) is 12.3 Å². The molecule has 0 spiro atoms. The van der Waals surface area contributed by atoms with Gasteiger partial charge in [-0.1, -0.05) is 37.6 Å². The number of hydrogen-bond donors (Lipinski definition) is 1. The number of carbonyl (C=O) groups is 1. The van der Waals surface area contributed by atoms with Crippen molar-refractivity contribution in [3.8, 4) is 0 Å². The molecule has 0 aliphatic heterocycles. The average Bonchev–Trinajstić information content (AvgIpc) is 2.84. The second kappa shape index (κ2) is 9.72. The predicted molar refractivity (Wildman–Crippen MR) is 112 cm³/mol. The van der Waals surface area contributed by atoms with Crippen LogP contribution < -0.4 is 5.32 Å². The van der Waals surface area contributed by atoms with Gasteiger partial charge < -0.3 is 5.32 Å². The minimum Gasteiger partial charge on any atom is -0.356 e. The van der Waals surface area contributed by atoms with Crippen molar-refractivity contribution in [2.75, 3.05) is 6.54 Å². The van der Waals surface area contributed by atoms with Gasteiger partial charge in [-0.25, -0.2) is 0 Å². The molecule has 0 atom stereocenters. The van der Waals surface area contributed by atoms with Crippen LogP contribution in [0.5, 0.6) is 0 Å². The number of aryl methyl sites for hydroxylation is 4. The number of rotatable bonds is 9. The van der Waals surface area contributed by atoms with Gasteiger partial charge in [-0.15, -0.1) is 0 Å². The van der Waals surface area contributed by atoms with Gasteiger partial charge in [0.25, 0.3) is 0 Å². The summed E-state index contributed by atoms with van der Waals surface area (Å²) in [6.07, 6.45) is 3.27. The van der Waals surface area contributed by atoms with Crippen LogP contribution in [0.2, 0.25) is 0 Å². The van der Waals surface area contributed by atoms with E-state index < -0.39 is 0 Å². The van der Waals surface area contributed by atoms with Gasteiger partial charge in [0.05, 0.1) is 5.69 Å². The topological polar surface area (TPSA) is 46.9 Å². The van der Waals surface area contributed by atoms with E-state index in [4.69, 9.17) is 0 Å². The Morgan fingerprint density at radius 3 is 2.56 bits per heavy atom. The van der Waals surface area contributed by atoms with Crippen LogP contribution in [0.25, 0.3) is 0 Å². The first-order valence-corrected chi connectivity index (χ1v) is 10.1. The van der Waals surface area contributed by atoms with Crippen molar-refractivity contribution in [3.63, 3.8) is 0 Å². The first kappa shape index (κ1) is 21.2. The van der Waals surface area contributed by atoms with Crippen molar-refractivity contribution in [2.24, 2.45) is 5.92 Å². The lowest BCUT2D eigenvalue weighted by Gasteiger charge is -2.09. The summed E-state index contributed by atoms with van der Waals surface area (Å²) in [5.41, 5.74) is 7.48. The molecule has 1 aromatic carbocycles. The van der Waals surface area contributed by atoms with Crippen molar-refractivity contribution in [3.05, 3.63) is 51.8 Å². The zero-order valence-corrected chi connectivity index (χ0v) is 17.9. The normalized spacial score (nSPS) is 11.2. The van der Waals surface area contributed by atoms with Crippen molar-refractivity contribution < 1.29 is 4.79 Å².